The molecule has 1 rings (SSSR count). The SMILES string of the molecule is CCC(N)CC(=O)NCC1(CC(C)C)CCCC1. The number of carbonyl (C=O) groups excluding carboxylic acids is 1. The average Bonchev–Trinajstić information content (AvgIpc) is 2.74. The zero-order chi connectivity index (χ0) is 13.6. The van der Waals surface area contributed by atoms with E-state index in [-0.39, 0.29) is 11.9 Å². The number of rotatable bonds is 7. The summed E-state index contributed by atoms with van der Waals surface area (Å²) >= 11 is 0. The predicted molar refractivity (Wildman–Crippen MR) is 76.2 cm³/mol. The maximum atomic E-state index is 11.8. The van der Waals surface area contributed by atoms with Gasteiger partial charge in [0.05, 0.1) is 0 Å². The number of amides is 1. The van der Waals surface area contributed by atoms with E-state index in [0.29, 0.717) is 17.8 Å². The lowest BCUT2D eigenvalue weighted by atomic mass is 9.78. The highest BCUT2D eigenvalue weighted by Gasteiger charge is 2.34. The van der Waals surface area contributed by atoms with Crippen LogP contribution in [0, 0.1) is 11.3 Å². The van der Waals surface area contributed by atoms with Gasteiger partial charge in [-0.1, -0.05) is 33.6 Å². The summed E-state index contributed by atoms with van der Waals surface area (Å²) in [5, 5.41) is 3.12. The zero-order valence-corrected chi connectivity index (χ0v) is 12.3. The third-order valence-electron chi connectivity index (χ3n) is 4.14. The zero-order valence-electron chi connectivity index (χ0n) is 12.3. The fourth-order valence-electron chi connectivity index (χ4n) is 3.18. The Bertz CT molecular complexity index is 257. The summed E-state index contributed by atoms with van der Waals surface area (Å²) in [5.74, 6) is 0.831. The molecule has 0 spiro atoms. The topological polar surface area (TPSA) is 55.1 Å². The minimum atomic E-state index is 0.00891. The monoisotopic (exact) mass is 254 g/mol. The molecule has 0 aromatic heterocycles. The first kappa shape index (κ1) is 15.5. The van der Waals surface area contributed by atoms with E-state index in [0.717, 1.165) is 13.0 Å². The molecule has 1 aliphatic carbocycles. The third kappa shape index (κ3) is 4.97. The van der Waals surface area contributed by atoms with Gasteiger partial charge in [0, 0.05) is 19.0 Å². The van der Waals surface area contributed by atoms with E-state index in [9.17, 15) is 4.79 Å². The Kier molecular flexibility index (Phi) is 6.13. The molecule has 3 nitrogen and oxygen atoms in total. The fourth-order valence-corrected chi connectivity index (χ4v) is 3.18. The van der Waals surface area contributed by atoms with Crippen LogP contribution in [0.15, 0.2) is 0 Å². The molecule has 1 atom stereocenters. The normalized spacial score (nSPS) is 20.1. The molecule has 1 aliphatic rings. The summed E-state index contributed by atoms with van der Waals surface area (Å²) in [6.07, 6.45) is 7.73. The summed E-state index contributed by atoms with van der Waals surface area (Å²) < 4.78 is 0. The van der Waals surface area contributed by atoms with Crippen LogP contribution in [0.1, 0.15) is 65.7 Å². The Morgan fingerprint density at radius 3 is 2.44 bits per heavy atom. The molecule has 0 aromatic rings. The fraction of sp³-hybridized carbons (Fsp3) is 0.933. The molecule has 0 aromatic carbocycles. The van der Waals surface area contributed by atoms with E-state index < -0.39 is 0 Å². The molecule has 0 radical (unpaired) electrons. The van der Waals surface area contributed by atoms with Gasteiger partial charge in [0.25, 0.3) is 0 Å². The van der Waals surface area contributed by atoms with Crippen LogP contribution in [0.2, 0.25) is 0 Å². The van der Waals surface area contributed by atoms with Crippen molar-refractivity contribution in [2.24, 2.45) is 17.1 Å². The van der Waals surface area contributed by atoms with Crippen molar-refractivity contribution in [3.8, 4) is 0 Å². The molecule has 106 valence electrons. The Balaban J connectivity index is 2.40. The van der Waals surface area contributed by atoms with Crippen LogP contribution in [0.4, 0.5) is 0 Å². The third-order valence-corrected chi connectivity index (χ3v) is 4.14. The quantitative estimate of drug-likeness (QED) is 0.734. The van der Waals surface area contributed by atoms with E-state index in [2.05, 4.69) is 19.2 Å². The van der Waals surface area contributed by atoms with Crippen molar-refractivity contribution in [1.82, 2.24) is 5.32 Å². The first-order valence-corrected chi connectivity index (χ1v) is 7.50. The number of carbonyl (C=O) groups is 1. The molecule has 0 heterocycles. The Morgan fingerprint density at radius 1 is 1.33 bits per heavy atom. The number of nitrogens with one attached hydrogen (secondary N) is 1. The molecule has 1 unspecified atom stereocenters. The number of hydrogen-bond acceptors (Lipinski definition) is 2. The summed E-state index contributed by atoms with van der Waals surface area (Å²) in [7, 11) is 0. The largest absolute Gasteiger partial charge is 0.355 e. The van der Waals surface area contributed by atoms with Gasteiger partial charge in [0.15, 0.2) is 0 Å². The van der Waals surface area contributed by atoms with Crippen molar-refractivity contribution in [1.29, 1.82) is 0 Å². The summed E-state index contributed by atoms with van der Waals surface area (Å²) in [6, 6.07) is 0.00891. The molecule has 0 aliphatic heterocycles. The molecule has 0 bridgehead atoms. The van der Waals surface area contributed by atoms with E-state index in [4.69, 9.17) is 5.73 Å². The van der Waals surface area contributed by atoms with E-state index in [1.165, 1.54) is 32.1 Å². The second-order valence-corrected chi connectivity index (χ2v) is 6.45. The average molecular weight is 254 g/mol. The van der Waals surface area contributed by atoms with Crippen molar-refractivity contribution < 1.29 is 4.79 Å². The maximum Gasteiger partial charge on any atom is 0.221 e. The second kappa shape index (κ2) is 7.13. The maximum absolute atomic E-state index is 11.8. The highest BCUT2D eigenvalue weighted by Crippen LogP contribution is 2.42. The lowest BCUT2D eigenvalue weighted by Gasteiger charge is -2.31. The van der Waals surface area contributed by atoms with Gasteiger partial charge in [0.2, 0.25) is 5.91 Å². The molecular weight excluding hydrogens is 224 g/mol. The Morgan fingerprint density at radius 2 is 1.94 bits per heavy atom. The molecule has 18 heavy (non-hydrogen) atoms. The van der Waals surface area contributed by atoms with Gasteiger partial charge in [-0.05, 0) is 37.0 Å². The molecule has 0 saturated heterocycles. The summed E-state index contributed by atoms with van der Waals surface area (Å²) in [5.41, 5.74) is 6.17. The van der Waals surface area contributed by atoms with Crippen molar-refractivity contribution in [2.45, 2.75) is 71.8 Å². The van der Waals surface area contributed by atoms with Crippen LogP contribution in [-0.2, 0) is 4.79 Å². The predicted octanol–water partition coefficient (Wildman–Crippen LogP) is 2.84. The highest BCUT2D eigenvalue weighted by atomic mass is 16.1. The van der Waals surface area contributed by atoms with Crippen LogP contribution in [-0.4, -0.2) is 18.5 Å². The smallest absolute Gasteiger partial charge is 0.221 e. The van der Waals surface area contributed by atoms with E-state index >= 15 is 0 Å². The van der Waals surface area contributed by atoms with Crippen LogP contribution >= 0.6 is 0 Å². The number of hydrogen-bond donors (Lipinski definition) is 2. The van der Waals surface area contributed by atoms with Gasteiger partial charge in [0.1, 0.15) is 0 Å². The second-order valence-electron chi connectivity index (χ2n) is 6.45. The van der Waals surface area contributed by atoms with E-state index in [1.807, 2.05) is 6.92 Å². The molecule has 1 saturated carbocycles. The number of nitrogens with two attached hydrogens (primary N) is 1. The van der Waals surface area contributed by atoms with Gasteiger partial charge in [-0.2, -0.15) is 0 Å². The Labute approximate surface area is 112 Å². The Hall–Kier alpha value is -0.570. The lowest BCUT2D eigenvalue weighted by Crippen LogP contribution is -2.39. The van der Waals surface area contributed by atoms with Crippen molar-refractivity contribution >= 4 is 5.91 Å². The first-order chi connectivity index (χ1) is 8.47. The lowest BCUT2D eigenvalue weighted by molar-refractivity contribution is -0.122. The van der Waals surface area contributed by atoms with Crippen LogP contribution in [0.25, 0.3) is 0 Å². The molecular formula is C15H30N2O. The molecule has 3 N–H and O–H groups in total. The van der Waals surface area contributed by atoms with Crippen molar-refractivity contribution in [2.75, 3.05) is 6.54 Å². The van der Waals surface area contributed by atoms with Crippen molar-refractivity contribution in [3.05, 3.63) is 0 Å². The van der Waals surface area contributed by atoms with Crippen LogP contribution < -0.4 is 11.1 Å². The van der Waals surface area contributed by atoms with Crippen LogP contribution in [0.3, 0.4) is 0 Å². The van der Waals surface area contributed by atoms with Crippen molar-refractivity contribution in [3.63, 3.8) is 0 Å². The van der Waals surface area contributed by atoms with Crippen LogP contribution in [0.5, 0.6) is 0 Å². The highest BCUT2D eigenvalue weighted by molar-refractivity contribution is 5.76. The van der Waals surface area contributed by atoms with Gasteiger partial charge in [-0.15, -0.1) is 0 Å². The van der Waals surface area contributed by atoms with E-state index in [1.54, 1.807) is 0 Å². The minimum Gasteiger partial charge on any atom is -0.355 e. The standard InChI is InChI=1S/C15H30N2O/c1-4-13(16)9-14(18)17-11-15(10-12(2)3)7-5-6-8-15/h12-13H,4-11,16H2,1-3H3,(H,17,18). The molecule has 3 heteroatoms. The van der Waals surface area contributed by atoms with Gasteiger partial charge < -0.3 is 11.1 Å². The van der Waals surface area contributed by atoms with Gasteiger partial charge >= 0.3 is 0 Å². The summed E-state index contributed by atoms with van der Waals surface area (Å²) in [4.78, 5) is 11.8. The summed E-state index contributed by atoms with van der Waals surface area (Å²) in [6.45, 7) is 7.42. The van der Waals surface area contributed by atoms with Gasteiger partial charge in [-0.25, -0.2) is 0 Å². The first-order valence-electron chi connectivity index (χ1n) is 7.50. The van der Waals surface area contributed by atoms with Gasteiger partial charge in [-0.3, -0.25) is 4.79 Å². The molecule has 1 fully saturated rings. The minimum absolute atomic E-state index is 0.00891. The molecule has 1 amide bonds.